The van der Waals surface area contributed by atoms with Crippen LogP contribution in [-0.2, 0) is 9.53 Å². The Labute approximate surface area is 138 Å². The molecule has 1 aromatic carbocycles. The maximum absolute atomic E-state index is 12.1. The minimum Gasteiger partial charge on any atom is -0.463 e. The number of thioether (sulfide) groups is 1. The number of rotatable bonds is 5. The summed E-state index contributed by atoms with van der Waals surface area (Å²) in [4.78, 5) is 24.6. The minimum absolute atomic E-state index is 0.286. The second-order valence-electron chi connectivity index (χ2n) is 4.65. The van der Waals surface area contributed by atoms with Crippen LogP contribution in [0.25, 0.3) is 0 Å². The first-order valence-corrected chi connectivity index (χ1v) is 8.24. The van der Waals surface area contributed by atoms with Gasteiger partial charge in [0.25, 0.3) is 0 Å². The molecule has 0 aliphatic carbocycles. The molecule has 0 unspecified atom stereocenters. The van der Waals surface area contributed by atoms with Crippen molar-refractivity contribution >= 4 is 35.4 Å². The lowest BCUT2D eigenvalue weighted by molar-refractivity contribution is -0.138. The fourth-order valence-corrected chi connectivity index (χ4v) is 3.31. The highest BCUT2D eigenvalue weighted by Crippen LogP contribution is 2.29. The molecule has 1 atom stereocenters. The van der Waals surface area contributed by atoms with Crippen LogP contribution >= 0.6 is 23.4 Å². The molecule has 2 N–H and O–H groups in total. The second-order valence-corrected chi connectivity index (χ2v) is 6.08. The van der Waals surface area contributed by atoms with Crippen molar-refractivity contribution in [1.82, 2.24) is 10.6 Å². The molecule has 7 heteroatoms. The SMILES string of the molecule is CCOC(=O)C1=C(CSc2ccccc2Cl)NC(=O)N[C@@H]1C. The molecule has 0 bridgehead atoms. The van der Waals surface area contributed by atoms with Crippen LogP contribution in [-0.4, -0.2) is 30.4 Å². The number of hydrogen-bond donors (Lipinski definition) is 2. The fourth-order valence-electron chi connectivity index (χ4n) is 2.10. The maximum atomic E-state index is 12.1. The van der Waals surface area contributed by atoms with Gasteiger partial charge in [-0.05, 0) is 26.0 Å². The zero-order valence-electron chi connectivity index (χ0n) is 12.3. The van der Waals surface area contributed by atoms with Crippen molar-refractivity contribution in [2.75, 3.05) is 12.4 Å². The standard InChI is InChI=1S/C15H17ClN2O3S/c1-3-21-14(19)13-9(2)17-15(20)18-11(13)8-22-12-7-5-4-6-10(12)16/h4-7,9H,3,8H2,1-2H3,(H2,17,18,20)/t9-/m1/s1. The monoisotopic (exact) mass is 340 g/mol. The lowest BCUT2D eigenvalue weighted by atomic mass is 10.1. The smallest absolute Gasteiger partial charge is 0.337 e. The molecule has 0 aromatic heterocycles. The van der Waals surface area contributed by atoms with Gasteiger partial charge in [0.1, 0.15) is 0 Å². The molecule has 5 nitrogen and oxygen atoms in total. The summed E-state index contributed by atoms with van der Waals surface area (Å²) in [6, 6.07) is 6.71. The number of esters is 1. The fraction of sp³-hybridized carbons (Fsp3) is 0.333. The first-order chi connectivity index (χ1) is 10.5. The molecule has 1 aliphatic heterocycles. The molecule has 0 fully saturated rings. The average Bonchev–Trinajstić information content (AvgIpc) is 2.46. The first-order valence-electron chi connectivity index (χ1n) is 6.88. The lowest BCUT2D eigenvalue weighted by Crippen LogP contribution is -2.49. The number of nitrogens with one attached hydrogen (secondary N) is 2. The molecule has 0 saturated heterocycles. The van der Waals surface area contributed by atoms with Crippen molar-refractivity contribution in [2.45, 2.75) is 24.8 Å². The van der Waals surface area contributed by atoms with Crippen LogP contribution in [0.4, 0.5) is 4.79 Å². The Balaban J connectivity index is 2.22. The van der Waals surface area contributed by atoms with Gasteiger partial charge in [0.05, 0.1) is 23.2 Å². The summed E-state index contributed by atoms with van der Waals surface area (Å²) < 4.78 is 5.07. The van der Waals surface area contributed by atoms with Gasteiger partial charge in [-0.15, -0.1) is 11.8 Å². The number of carbonyl (C=O) groups excluding carboxylic acids is 2. The van der Waals surface area contributed by atoms with E-state index in [1.165, 1.54) is 11.8 Å². The predicted molar refractivity (Wildman–Crippen MR) is 87.0 cm³/mol. The highest BCUT2D eigenvalue weighted by Gasteiger charge is 2.29. The Kier molecular flexibility index (Phi) is 5.74. The zero-order chi connectivity index (χ0) is 16.1. The number of carbonyl (C=O) groups is 2. The summed E-state index contributed by atoms with van der Waals surface area (Å²) in [5.74, 6) is 0.00703. The Morgan fingerprint density at radius 2 is 2.14 bits per heavy atom. The first kappa shape index (κ1) is 16.7. The number of urea groups is 1. The van der Waals surface area contributed by atoms with Crippen molar-refractivity contribution in [3.63, 3.8) is 0 Å². The van der Waals surface area contributed by atoms with Crippen molar-refractivity contribution in [2.24, 2.45) is 0 Å². The topological polar surface area (TPSA) is 67.4 Å². The zero-order valence-corrected chi connectivity index (χ0v) is 13.9. The van der Waals surface area contributed by atoms with Crippen LogP contribution in [0.15, 0.2) is 40.4 Å². The average molecular weight is 341 g/mol. The quantitative estimate of drug-likeness (QED) is 0.639. The number of benzene rings is 1. The van der Waals surface area contributed by atoms with Crippen LogP contribution in [0.1, 0.15) is 13.8 Å². The normalized spacial score (nSPS) is 17.8. The summed E-state index contributed by atoms with van der Waals surface area (Å²) >= 11 is 7.58. The molecule has 0 saturated carbocycles. The lowest BCUT2D eigenvalue weighted by Gasteiger charge is -2.26. The van der Waals surface area contributed by atoms with Crippen LogP contribution < -0.4 is 10.6 Å². The third kappa shape index (κ3) is 3.96. The van der Waals surface area contributed by atoms with Gasteiger partial charge in [-0.2, -0.15) is 0 Å². The molecule has 0 spiro atoms. The highest BCUT2D eigenvalue weighted by atomic mass is 35.5. The molecule has 2 amide bonds. The number of halogens is 1. The third-order valence-electron chi connectivity index (χ3n) is 3.07. The third-order valence-corrected chi connectivity index (χ3v) is 4.62. The molecular weight excluding hydrogens is 324 g/mol. The van der Waals surface area contributed by atoms with Crippen molar-refractivity contribution in [3.05, 3.63) is 40.6 Å². The van der Waals surface area contributed by atoms with E-state index in [4.69, 9.17) is 16.3 Å². The summed E-state index contributed by atoms with van der Waals surface area (Å²) in [7, 11) is 0. The summed E-state index contributed by atoms with van der Waals surface area (Å²) in [6.07, 6.45) is 0. The maximum Gasteiger partial charge on any atom is 0.337 e. The van der Waals surface area contributed by atoms with E-state index in [0.717, 1.165) is 4.90 Å². The Morgan fingerprint density at radius 3 is 2.82 bits per heavy atom. The van der Waals surface area contributed by atoms with Crippen LogP contribution in [0, 0.1) is 0 Å². The summed E-state index contributed by atoms with van der Waals surface area (Å²) in [6.45, 7) is 3.79. The van der Waals surface area contributed by atoms with E-state index in [9.17, 15) is 9.59 Å². The predicted octanol–water partition coefficient (Wildman–Crippen LogP) is 2.95. The van der Waals surface area contributed by atoms with E-state index >= 15 is 0 Å². The van der Waals surface area contributed by atoms with E-state index in [1.807, 2.05) is 18.2 Å². The molecule has 1 aliphatic rings. The number of hydrogen-bond acceptors (Lipinski definition) is 4. The Hall–Kier alpha value is -1.66. The van der Waals surface area contributed by atoms with Gasteiger partial charge in [0, 0.05) is 16.3 Å². The molecule has 0 radical (unpaired) electrons. The van der Waals surface area contributed by atoms with E-state index in [1.54, 1.807) is 19.9 Å². The van der Waals surface area contributed by atoms with E-state index in [2.05, 4.69) is 10.6 Å². The molecule has 22 heavy (non-hydrogen) atoms. The molecule has 2 rings (SSSR count). The number of amides is 2. The van der Waals surface area contributed by atoms with E-state index < -0.39 is 12.0 Å². The Morgan fingerprint density at radius 1 is 1.41 bits per heavy atom. The largest absolute Gasteiger partial charge is 0.463 e. The van der Waals surface area contributed by atoms with Crippen LogP contribution in [0.2, 0.25) is 5.02 Å². The van der Waals surface area contributed by atoms with Crippen LogP contribution in [0.3, 0.4) is 0 Å². The van der Waals surface area contributed by atoms with Crippen molar-refractivity contribution in [3.8, 4) is 0 Å². The second kappa shape index (κ2) is 7.56. The van der Waals surface area contributed by atoms with Gasteiger partial charge in [-0.25, -0.2) is 9.59 Å². The van der Waals surface area contributed by atoms with E-state index in [0.29, 0.717) is 22.0 Å². The van der Waals surface area contributed by atoms with Gasteiger partial charge < -0.3 is 15.4 Å². The Bertz CT molecular complexity index is 619. The molecule has 1 heterocycles. The van der Waals surface area contributed by atoms with Crippen molar-refractivity contribution in [1.29, 1.82) is 0 Å². The van der Waals surface area contributed by atoms with Crippen LogP contribution in [0.5, 0.6) is 0 Å². The molecule has 118 valence electrons. The molecule has 1 aromatic rings. The summed E-state index contributed by atoms with van der Waals surface area (Å²) in [5.41, 5.74) is 1.00. The van der Waals surface area contributed by atoms with Gasteiger partial charge in [0.2, 0.25) is 0 Å². The minimum atomic E-state index is -0.419. The van der Waals surface area contributed by atoms with Gasteiger partial charge >= 0.3 is 12.0 Å². The van der Waals surface area contributed by atoms with Gasteiger partial charge in [0.15, 0.2) is 0 Å². The van der Waals surface area contributed by atoms with Gasteiger partial charge in [-0.3, -0.25) is 0 Å². The molecular formula is C15H17ClN2O3S. The van der Waals surface area contributed by atoms with Gasteiger partial charge in [-0.1, -0.05) is 23.7 Å². The van der Waals surface area contributed by atoms with Crippen molar-refractivity contribution < 1.29 is 14.3 Å². The number of ether oxygens (including phenoxy) is 1. The highest BCUT2D eigenvalue weighted by molar-refractivity contribution is 7.99. The van der Waals surface area contributed by atoms with E-state index in [-0.39, 0.29) is 12.6 Å². The summed E-state index contributed by atoms with van der Waals surface area (Å²) in [5, 5.41) is 5.99.